The molecule has 2 aromatic carbocycles. The summed E-state index contributed by atoms with van der Waals surface area (Å²) in [5, 5.41) is 2.65. The molecule has 2 rings (SSSR count). The third-order valence-electron chi connectivity index (χ3n) is 2.42. The van der Waals surface area contributed by atoms with Gasteiger partial charge in [0.2, 0.25) is 5.91 Å². The number of rotatable bonds is 4. The van der Waals surface area contributed by atoms with Crippen LogP contribution in [0.2, 0.25) is 0 Å². The van der Waals surface area contributed by atoms with Crippen molar-refractivity contribution in [3.05, 3.63) is 54.1 Å². The van der Waals surface area contributed by atoms with E-state index in [0.717, 1.165) is 23.9 Å². The van der Waals surface area contributed by atoms with Gasteiger partial charge in [0, 0.05) is 22.3 Å². The van der Waals surface area contributed by atoms with Crippen LogP contribution >= 0.6 is 11.8 Å². The summed E-state index contributed by atoms with van der Waals surface area (Å²) in [6.07, 6.45) is 0. The number of hydrogen-bond acceptors (Lipinski definition) is 3. The van der Waals surface area contributed by atoms with Gasteiger partial charge in [0.25, 0.3) is 0 Å². The lowest BCUT2D eigenvalue weighted by atomic mass is 10.3. The van der Waals surface area contributed by atoms with Crippen molar-refractivity contribution in [3.63, 3.8) is 0 Å². The first-order valence-corrected chi connectivity index (χ1v) is 6.76. The maximum absolute atomic E-state index is 13.4. The predicted molar refractivity (Wildman–Crippen MR) is 76.6 cm³/mol. The van der Waals surface area contributed by atoms with Crippen molar-refractivity contribution in [1.29, 1.82) is 0 Å². The Bertz CT molecular complexity index is 634. The van der Waals surface area contributed by atoms with Crippen LogP contribution in [0.25, 0.3) is 0 Å². The van der Waals surface area contributed by atoms with Gasteiger partial charge in [-0.15, -0.1) is 11.8 Å². The highest BCUT2D eigenvalue weighted by Gasteiger charge is 2.08. The molecule has 3 nitrogen and oxygen atoms in total. The van der Waals surface area contributed by atoms with Gasteiger partial charge in [-0.05, 0) is 30.3 Å². The van der Waals surface area contributed by atoms with Crippen molar-refractivity contribution in [2.75, 3.05) is 16.8 Å². The topological polar surface area (TPSA) is 55.1 Å². The number of hydrogen-bond donors (Lipinski definition) is 2. The van der Waals surface area contributed by atoms with Crippen LogP contribution in [0.3, 0.4) is 0 Å². The minimum absolute atomic E-state index is 0.0252. The largest absolute Gasteiger partial charge is 0.399 e. The fourth-order valence-corrected chi connectivity index (χ4v) is 2.27. The van der Waals surface area contributed by atoms with Gasteiger partial charge in [-0.1, -0.05) is 6.07 Å². The van der Waals surface area contributed by atoms with Crippen LogP contribution in [0, 0.1) is 11.6 Å². The van der Waals surface area contributed by atoms with Crippen LogP contribution in [0.15, 0.2) is 47.4 Å². The van der Waals surface area contributed by atoms with Crippen molar-refractivity contribution in [3.8, 4) is 0 Å². The monoisotopic (exact) mass is 294 g/mol. The van der Waals surface area contributed by atoms with E-state index in [4.69, 9.17) is 5.73 Å². The summed E-state index contributed by atoms with van der Waals surface area (Å²) in [6.45, 7) is 0. The highest BCUT2D eigenvalue weighted by Crippen LogP contribution is 2.22. The Morgan fingerprint density at radius 1 is 1.20 bits per heavy atom. The molecule has 0 saturated carbocycles. The zero-order valence-corrected chi connectivity index (χ0v) is 11.2. The zero-order valence-electron chi connectivity index (χ0n) is 10.4. The summed E-state index contributed by atoms with van der Waals surface area (Å²) in [6, 6.07) is 10.0. The fourth-order valence-electron chi connectivity index (χ4n) is 1.55. The molecule has 3 N–H and O–H groups in total. The minimum Gasteiger partial charge on any atom is -0.399 e. The number of nitrogens with one attached hydrogen (secondary N) is 1. The summed E-state index contributed by atoms with van der Waals surface area (Å²) in [5.74, 6) is -1.58. The molecule has 0 aliphatic rings. The zero-order chi connectivity index (χ0) is 14.5. The molecule has 0 spiro atoms. The Balaban J connectivity index is 1.92. The van der Waals surface area contributed by atoms with Gasteiger partial charge in [0.15, 0.2) is 0 Å². The van der Waals surface area contributed by atoms with Crippen LogP contribution in [0.4, 0.5) is 20.2 Å². The molecule has 1 amide bonds. The number of benzene rings is 2. The summed E-state index contributed by atoms with van der Waals surface area (Å²) in [7, 11) is 0. The summed E-state index contributed by atoms with van der Waals surface area (Å²) >= 11 is 1.00. The van der Waals surface area contributed by atoms with E-state index < -0.39 is 11.6 Å². The van der Waals surface area contributed by atoms with Crippen molar-refractivity contribution < 1.29 is 13.6 Å². The molecule has 0 heterocycles. The smallest absolute Gasteiger partial charge is 0.234 e. The Morgan fingerprint density at radius 2 is 2.00 bits per heavy atom. The van der Waals surface area contributed by atoms with Gasteiger partial charge in [-0.2, -0.15) is 0 Å². The van der Waals surface area contributed by atoms with Gasteiger partial charge in [-0.3, -0.25) is 4.79 Å². The molecule has 6 heteroatoms. The van der Waals surface area contributed by atoms with Gasteiger partial charge in [0.1, 0.15) is 11.6 Å². The molecule has 0 aliphatic carbocycles. The molecule has 0 bridgehead atoms. The Morgan fingerprint density at radius 3 is 2.70 bits per heavy atom. The number of nitrogens with two attached hydrogens (primary N) is 1. The minimum atomic E-state index is -0.674. The van der Waals surface area contributed by atoms with Crippen molar-refractivity contribution in [2.24, 2.45) is 0 Å². The van der Waals surface area contributed by atoms with Gasteiger partial charge < -0.3 is 11.1 Å². The van der Waals surface area contributed by atoms with Crippen molar-refractivity contribution in [1.82, 2.24) is 0 Å². The van der Waals surface area contributed by atoms with Crippen LogP contribution in [0.5, 0.6) is 0 Å². The molecule has 0 fully saturated rings. The molecule has 2 aromatic rings. The Labute approximate surface area is 119 Å². The third kappa shape index (κ3) is 3.96. The number of anilines is 2. The summed E-state index contributed by atoms with van der Waals surface area (Å²) in [5.41, 5.74) is 6.71. The van der Waals surface area contributed by atoms with Crippen molar-refractivity contribution >= 4 is 29.0 Å². The van der Waals surface area contributed by atoms with E-state index in [9.17, 15) is 13.6 Å². The van der Waals surface area contributed by atoms with Crippen LogP contribution in [-0.2, 0) is 4.79 Å². The van der Waals surface area contributed by atoms with E-state index in [2.05, 4.69) is 5.32 Å². The number of thioether (sulfide) groups is 1. The first-order chi connectivity index (χ1) is 9.54. The first kappa shape index (κ1) is 14.3. The average molecular weight is 294 g/mol. The second-order valence-electron chi connectivity index (χ2n) is 4.04. The lowest BCUT2D eigenvalue weighted by Gasteiger charge is -2.06. The Hall–Kier alpha value is -2.08. The maximum Gasteiger partial charge on any atom is 0.234 e. The summed E-state index contributed by atoms with van der Waals surface area (Å²) in [4.78, 5) is 11.9. The van der Waals surface area contributed by atoms with E-state index in [0.29, 0.717) is 11.4 Å². The highest BCUT2D eigenvalue weighted by atomic mass is 32.2. The lowest BCUT2D eigenvalue weighted by Crippen LogP contribution is -2.14. The van der Waals surface area contributed by atoms with Gasteiger partial charge in [0.05, 0.1) is 5.75 Å². The molecule has 0 aromatic heterocycles. The number of halogens is 2. The Kier molecular flexibility index (Phi) is 4.57. The standard InChI is InChI=1S/C14H12F2N2OS/c15-9-4-5-13(12(16)6-9)20-8-14(19)18-11-3-1-2-10(17)7-11/h1-7H,8,17H2,(H,18,19). The maximum atomic E-state index is 13.4. The number of carbonyl (C=O) groups excluding carboxylic acids is 1. The molecular weight excluding hydrogens is 282 g/mol. The molecule has 0 atom stereocenters. The fraction of sp³-hybridized carbons (Fsp3) is 0.0714. The second-order valence-corrected chi connectivity index (χ2v) is 5.05. The molecule has 20 heavy (non-hydrogen) atoms. The van der Waals surface area contributed by atoms with Crippen LogP contribution in [-0.4, -0.2) is 11.7 Å². The molecule has 0 aliphatic heterocycles. The van der Waals surface area contributed by atoms with E-state index in [1.54, 1.807) is 24.3 Å². The third-order valence-corrected chi connectivity index (χ3v) is 3.47. The first-order valence-electron chi connectivity index (χ1n) is 5.78. The quantitative estimate of drug-likeness (QED) is 0.672. The highest BCUT2D eigenvalue weighted by molar-refractivity contribution is 8.00. The molecule has 0 radical (unpaired) electrons. The molecule has 0 saturated heterocycles. The van der Waals surface area contributed by atoms with Crippen LogP contribution in [0.1, 0.15) is 0 Å². The average Bonchev–Trinajstić information content (AvgIpc) is 2.37. The number of nitrogen functional groups attached to an aromatic ring is 1. The van der Waals surface area contributed by atoms with Crippen LogP contribution < -0.4 is 11.1 Å². The predicted octanol–water partition coefficient (Wildman–Crippen LogP) is 3.28. The molecule has 104 valence electrons. The number of amides is 1. The van der Waals surface area contributed by atoms with E-state index in [-0.39, 0.29) is 16.6 Å². The molecule has 0 unspecified atom stereocenters. The van der Waals surface area contributed by atoms with E-state index >= 15 is 0 Å². The van der Waals surface area contributed by atoms with Gasteiger partial charge in [-0.25, -0.2) is 8.78 Å². The van der Waals surface area contributed by atoms with Gasteiger partial charge >= 0.3 is 0 Å². The molecular formula is C14H12F2N2OS. The summed E-state index contributed by atoms with van der Waals surface area (Å²) < 4.78 is 26.1. The van der Waals surface area contributed by atoms with E-state index in [1.807, 2.05) is 0 Å². The van der Waals surface area contributed by atoms with E-state index in [1.165, 1.54) is 6.07 Å². The lowest BCUT2D eigenvalue weighted by molar-refractivity contribution is -0.113. The van der Waals surface area contributed by atoms with Crippen molar-refractivity contribution in [2.45, 2.75) is 4.90 Å². The SMILES string of the molecule is Nc1cccc(NC(=O)CSc2ccc(F)cc2F)c1. The number of carbonyl (C=O) groups is 1. The second kappa shape index (κ2) is 6.38. The normalized spacial score (nSPS) is 10.3.